The van der Waals surface area contributed by atoms with E-state index < -0.39 is 0 Å². The van der Waals surface area contributed by atoms with Gasteiger partial charge in [0, 0.05) is 45.3 Å². The highest BCUT2D eigenvalue weighted by molar-refractivity contribution is 7.18. The zero-order chi connectivity index (χ0) is 20.5. The Morgan fingerprint density at radius 1 is 1.38 bits per heavy atom. The van der Waals surface area contributed by atoms with Gasteiger partial charge in [0.05, 0.1) is 21.8 Å². The number of piperidine rings is 1. The lowest BCUT2D eigenvalue weighted by Gasteiger charge is -2.37. The molecule has 29 heavy (non-hydrogen) atoms. The van der Waals surface area contributed by atoms with Gasteiger partial charge in [-0.1, -0.05) is 19.1 Å². The Morgan fingerprint density at radius 2 is 2.24 bits per heavy atom. The van der Waals surface area contributed by atoms with Crippen LogP contribution in [-0.4, -0.2) is 67.8 Å². The number of hydrogen-bond acceptors (Lipinski definition) is 6. The van der Waals surface area contributed by atoms with Gasteiger partial charge >= 0.3 is 0 Å². The SMILES string of the molecule is CCOCCCN1CC[C@@H](NCC(=O)NCCc2nc3ccccc3s2)[C@H](C)C1. The molecule has 0 bridgehead atoms. The molecule has 160 valence electrons. The lowest BCUT2D eigenvalue weighted by molar-refractivity contribution is -0.120. The number of nitrogens with one attached hydrogen (secondary N) is 2. The summed E-state index contributed by atoms with van der Waals surface area (Å²) in [5.41, 5.74) is 1.04. The number of benzene rings is 1. The molecule has 1 fully saturated rings. The highest BCUT2D eigenvalue weighted by Gasteiger charge is 2.25. The summed E-state index contributed by atoms with van der Waals surface area (Å²) in [4.78, 5) is 19.3. The van der Waals surface area contributed by atoms with Gasteiger partial charge in [-0.15, -0.1) is 11.3 Å². The first-order chi connectivity index (χ1) is 14.2. The monoisotopic (exact) mass is 418 g/mol. The molecular formula is C22H34N4O2S. The van der Waals surface area contributed by atoms with Crippen molar-refractivity contribution in [3.8, 4) is 0 Å². The fraction of sp³-hybridized carbons (Fsp3) is 0.636. The summed E-state index contributed by atoms with van der Waals surface area (Å²) in [5.74, 6) is 0.615. The van der Waals surface area contributed by atoms with Crippen molar-refractivity contribution in [3.63, 3.8) is 0 Å². The molecule has 0 saturated carbocycles. The maximum Gasteiger partial charge on any atom is 0.233 e. The summed E-state index contributed by atoms with van der Waals surface area (Å²) in [6, 6.07) is 8.57. The molecule has 2 heterocycles. The maximum absolute atomic E-state index is 12.2. The number of ether oxygens (including phenoxy) is 1. The zero-order valence-electron chi connectivity index (χ0n) is 17.7. The van der Waals surface area contributed by atoms with Gasteiger partial charge in [-0.05, 0) is 44.4 Å². The predicted molar refractivity (Wildman–Crippen MR) is 119 cm³/mol. The number of aromatic nitrogens is 1. The Bertz CT molecular complexity index is 733. The van der Waals surface area contributed by atoms with Crippen LogP contribution in [0.15, 0.2) is 24.3 Å². The molecule has 7 heteroatoms. The molecule has 1 aromatic carbocycles. The third-order valence-electron chi connectivity index (χ3n) is 5.48. The number of carbonyl (C=O) groups excluding carboxylic acids is 1. The summed E-state index contributed by atoms with van der Waals surface area (Å²) >= 11 is 1.70. The number of hydrogen-bond donors (Lipinski definition) is 2. The van der Waals surface area contributed by atoms with E-state index >= 15 is 0 Å². The molecule has 1 aliphatic heterocycles. The van der Waals surface area contributed by atoms with Crippen LogP contribution < -0.4 is 10.6 Å². The van der Waals surface area contributed by atoms with Gasteiger partial charge in [0.1, 0.15) is 0 Å². The Kier molecular flexibility index (Phi) is 8.86. The summed E-state index contributed by atoms with van der Waals surface area (Å²) < 4.78 is 6.63. The van der Waals surface area contributed by atoms with Crippen LogP contribution in [0.25, 0.3) is 10.2 Å². The van der Waals surface area contributed by atoms with Gasteiger partial charge in [0.15, 0.2) is 0 Å². The largest absolute Gasteiger partial charge is 0.382 e. The van der Waals surface area contributed by atoms with Crippen LogP contribution in [0.5, 0.6) is 0 Å². The molecular weight excluding hydrogens is 384 g/mol. The molecule has 1 aliphatic rings. The standard InChI is InChI=1S/C22H34N4O2S/c1-3-28-14-6-12-26-13-10-18(17(2)16-26)24-15-21(27)23-11-9-22-25-19-7-4-5-8-20(19)29-22/h4-5,7-8,17-18,24H,3,6,9-16H2,1-2H3,(H,23,27)/t17-,18-/m1/s1. The number of rotatable bonds is 11. The molecule has 0 aliphatic carbocycles. The quantitative estimate of drug-likeness (QED) is 0.549. The van der Waals surface area contributed by atoms with Crippen molar-refractivity contribution in [1.29, 1.82) is 0 Å². The highest BCUT2D eigenvalue weighted by Crippen LogP contribution is 2.21. The number of nitrogens with zero attached hydrogens (tertiary/aromatic N) is 2. The zero-order valence-corrected chi connectivity index (χ0v) is 18.5. The highest BCUT2D eigenvalue weighted by atomic mass is 32.1. The summed E-state index contributed by atoms with van der Waals surface area (Å²) in [6.07, 6.45) is 2.96. The fourth-order valence-corrected chi connectivity index (χ4v) is 4.86. The van der Waals surface area contributed by atoms with Crippen molar-refractivity contribution in [2.45, 2.75) is 39.2 Å². The van der Waals surface area contributed by atoms with Crippen LogP contribution in [0.1, 0.15) is 31.7 Å². The molecule has 0 radical (unpaired) electrons. The average Bonchev–Trinajstić information content (AvgIpc) is 3.13. The summed E-state index contributed by atoms with van der Waals surface area (Å²) in [5, 5.41) is 7.56. The van der Waals surface area contributed by atoms with E-state index in [9.17, 15) is 4.79 Å². The van der Waals surface area contributed by atoms with Gasteiger partial charge in [-0.25, -0.2) is 4.98 Å². The van der Waals surface area contributed by atoms with E-state index in [0.717, 1.165) is 62.6 Å². The fourth-order valence-electron chi connectivity index (χ4n) is 3.89. The van der Waals surface area contributed by atoms with Crippen molar-refractivity contribution in [2.24, 2.45) is 5.92 Å². The second-order valence-corrected chi connectivity index (χ2v) is 8.89. The molecule has 0 unspecified atom stereocenters. The molecule has 1 amide bonds. The second-order valence-electron chi connectivity index (χ2n) is 7.78. The minimum absolute atomic E-state index is 0.0671. The van der Waals surface area contributed by atoms with Crippen molar-refractivity contribution >= 4 is 27.5 Å². The van der Waals surface area contributed by atoms with Gasteiger partial charge in [-0.3, -0.25) is 4.79 Å². The molecule has 2 N–H and O–H groups in total. The molecule has 3 rings (SSSR count). The molecule has 1 aromatic heterocycles. The number of amides is 1. The molecule has 6 nitrogen and oxygen atoms in total. The minimum Gasteiger partial charge on any atom is -0.382 e. The predicted octanol–water partition coefficient (Wildman–Crippen LogP) is 2.68. The van der Waals surface area contributed by atoms with Crippen LogP contribution in [-0.2, 0) is 16.0 Å². The average molecular weight is 419 g/mol. The first kappa shape index (κ1) is 22.2. The molecule has 2 aromatic rings. The van der Waals surface area contributed by atoms with E-state index in [2.05, 4.69) is 33.5 Å². The Balaban J connectivity index is 1.30. The van der Waals surface area contributed by atoms with Gasteiger partial charge < -0.3 is 20.3 Å². The maximum atomic E-state index is 12.2. The van der Waals surface area contributed by atoms with Crippen molar-refractivity contribution in [3.05, 3.63) is 29.3 Å². The Hall–Kier alpha value is -1.54. The molecule has 0 spiro atoms. The normalized spacial score (nSPS) is 20.2. The van der Waals surface area contributed by atoms with E-state index in [1.807, 2.05) is 25.1 Å². The smallest absolute Gasteiger partial charge is 0.233 e. The number of thiazole rings is 1. The topological polar surface area (TPSA) is 66.5 Å². The second kappa shape index (κ2) is 11.6. The van der Waals surface area contributed by atoms with Crippen LogP contribution >= 0.6 is 11.3 Å². The van der Waals surface area contributed by atoms with Gasteiger partial charge in [0.25, 0.3) is 0 Å². The lowest BCUT2D eigenvalue weighted by Crippen LogP contribution is -2.50. The van der Waals surface area contributed by atoms with Crippen LogP contribution in [0.3, 0.4) is 0 Å². The van der Waals surface area contributed by atoms with Crippen LogP contribution in [0, 0.1) is 5.92 Å². The number of fused-ring (bicyclic) bond motifs is 1. The number of likely N-dealkylation sites (tertiary alicyclic amines) is 1. The first-order valence-corrected chi connectivity index (χ1v) is 11.6. The van der Waals surface area contributed by atoms with E-state index in [1.165, 1.54) is 4.70 Å². The third kappa shape index (κ3) is 7.03. The van der Waals surface area contributed by atoms with Crippen molar-refractivity contribution in [2.75, 3.05) is 45.9 Å². The number of carbonyl (C=O) groups is 1. The van der Waals surface area contributed by atoms with Gasteiger partial charge in [0.2, 0.25) is 5.91 Å². The minimum atomic E-state index is 0.0671. The summed E-state index contributed by atoms with van der Waals surface area (Å²) in [7, 11) is 0. The molecule has 1 saturated heterocycles. The van der Waals surface area contributed by atoms with E-state index in [-0.39, 0.29) is 5.91 Å². The van der Waals surface area contributed by atoms with E-state index in [1.54, 1.807) is 11.3 Å². The molecule has 2 atom stereocenters. The Labute approximate surface area is 178 Å². The van der Waals surface area contributed by atoms with E-state index in [4.69, 9.17) is 4.74 Å². The van der Waals surface area contributed by atoms with Crippen LogP contribution in [0.2, 0.25) is 0 Å². The number of para-hydroxylation sites is 1. The summed E-state index contributed by atoms with van der Waals surface area (Å²) in [6.45, 7) is 10.3. The van der Waals surface area contributed by atoms with Gasteiger partial charge in [-0.2, -0.15) is 0 Å². The third-order valence-corrected chi connectivity index (χ3v) is 6.58. The van der Waals surface area contributed by atoms with Crippen LogP contribution in [0.4, 0.5) is 0 Å². The lowest BCUT2D eigenvalue weighted by atomic mass is 9.93. The van der Waals surface area contributed by atoms with Crippen molar-refractivity contribution < 1.29 is 9.53 Å². The first-order valence-electron chi connectivity index (χ1n) is 10.8. The van der Waals surface area contributed by atoms with Crippen molar-refractivity contribution in [1.82, 2.24) is 20.5 Å². The Morgan fingerprint density at radius 3 is 3.03 bits per heavy atom. The van der Waals surface area contributed by atoms with E-state index in [0.29, 0.717) is 25.0 Å².